The van der Waals surface area contributed by atoms with E-state index in [2.05, 4.69) is 138 Å². The Bertz CT molecular complexity index is 3570. The highest BCUT2D eigenvalue weighted by molar-refractivity contribution is 7.26. The van der Waals surface area contributed by atoms with Crippen LogP contribution >= 0.6 is 11.3 Å². The summed E-state index contributed by atoms with van der Waals surface area (Å²) in [5.74, 6) is 2.58. The van der Waals surface area contributed by atoms with E-state index in [1.807, 2.05) is 65.9 Å². The topological polar surface area (TPSA) is 69.6 Å². The molecule has 0 saturated heterocycles. The van der Waals surface area contributed by atoms with E-state index >= 15 is 0 Å². The van der Waals surface area contributed by atoms with E-state index in [1.165, 1.54) is 25.7 Å². The number of rotatable bonds is 6. The highest BCUT2D eigenvalue weighted by atomic mass is 32.1. The van der Waals surface area contributed by atoms with E-state index in [9.17, 15) is 0 Å². The van der Waals surface area contributed by atoms with E-state index in [0.29, 0.717) is 17.5 Å². The number of hydrogen-bond acceptors (Lipinski definition) is 6. The van der Waals surface area contributed by atoms with Crippen molar-refractivity contribution in [1.82, 2.24) is 24.5 Å². The molecule has 59 heavy (non-hydrogen) atoms. The number of hydrogen-bond donors (Lipinski definition) is 0. The molecule has 0 aliphatic rings. The Kier molecular flexibility index (Phi) is 7.61. The second-order valence-corrected chi connectivity index (χ2v) is 15.6. The summed E-state index contributed by atoms with van der Waals surface area (Å²) >= 11 is 1.83. The minimum absolute atomic E-state index is 0.570. The van der Waals surface area contributed by atoms with Gasteiger partial charge in [0.15, 0.2) is 17.5 Å². The van der Waals surface area contributed by atoms with Gasteiger partial charge in [0.25, 0.3) is 0 Å². The zero-order chi connectivity index (χ0) is 38.9. The molecule has 7 heteroatoms. The van der Waals surface area contributed by atoms with Gasteiger partial charge >= 0.3 is 0 Å². The molecule has 4 aromatic heterocycles. The Morgan fingerprint density at radius 1 is 0.441 bits per heavy atom. The summed E-state index contributed by atoms with van der Waals surface area (Å²) in [7, 11) is 0. The summed E-state index contributed by atoms with van der Waals surface area (Å²) in [4.78, 5) is 20.7. The number of fused-ring (bicyclic) bond motifs is 7. The van der Waals surface area contributed by atoms with Crippen molar-refractivity contribution in [2.45, 2.75) is 0 Å². The molecule has 6 nitrogen and oxygen atoms in total. The zero-order valence-electron chi connectivity index (χ0n) is 31.5. The van der Waals surface area contributed by atoms with Crippen molar-refractivity contribution >= 4 is 64.5 Å². The maximum atomic E-state index is 6.81. The predicted molar refractivity (Wildman–Crippen MR) is 242 cm³/mol. The first-order valence-electron chi connectivity index (χ1n) is 19.6. The van der Waals surface area contributed by atoms with E-state index in [4.69, 9.17) is 24.4 Å². The maximum Gasteiger partial charge on any atom is 0.164 e. The minimum Gasteiger partial charge on any atom is -0.455 e. The molecule has 0 N–H and O–H groups in total. The molecule has 8 aromatic carbocycles. The fourth-order valence-corrected chi connectivity index (χ4v) is 9.64. The first-order valence-corrected chi connectivity index (χ1v) is 20.4. The van der Waals surface area contributed by atoms with Crippen molar-refractivity contribution in [3.63, 3.8) is 0 Å². The summed E-state index contributed by atoms with van der Waals surface area (Å²) in [5.41, 5.74) is 10.3. The summed E-state index contributed by atoms with van der Waals surface area (Å²) in [6.45, 7) is 0. The molecule has 0 bridgehead atoms. The normalized spacial score (nSPS) is 11.7. The van der Waals surface area contributed by atoms with Crippen LogP contribution in [-0.2, 0) is 0 Å². The standard InChI is InChI=1S/C52H31N5OS/c1-3-15-32(16-4-1)49-54-50(34-18-11-17-33(31-34)36-22-12-23-38-37-21-7-10-30-45(37)59-48(36)38)56-51(55-49)40-25-14-29-44-46(40)39-24-13-26-41(47(39)58-44)52-53-42-27-8-9-28-43(42)57(52)35-19-5-2-6-20-35/h1-31H. The fourth-order valence-electron chi connectivity index (χ4n) is 8.40. The summed E-state index contributed by atoms with van der Waals surface area (Å²) < 4.78 is 11.6. The molecule has 0 aliphatic heterocycles. The molecule has 12 aromatic rings. The lowest BCUT2D eigenvalue weighted by atomic mass is 10.0. The average Bonchev–Trinajstić information content (AvgIpc) is 4.01. The van der Waals surface area contributed by atoms with Crippen LogP contribution in [0.15, 0.2) is 192 Å². The minimum atomic E-state index is 0.570. The van der Waals surface area contributed by atoms with Crippen LogP contribution in [-0.4, -0.2) is 24.5 Å². The first kappa shape index (κ1) is 33.4. The average molecular weight is 774 g/mol. The van der Waals surface area contributed by atoms with Gasteiger partial charge in [-0.25, -0.2) is 19.9 Å². The lowest BCUT2D eigenvalue weighted by molar-refractivity contribution is 0.669. The van der Waals surface area contributed by atoms with Crippen molar-refractivity contribution in [2.75, 3.05) is 0 Å². The second-order valence-electron chi connectivity index (χ2n) is 14.6. The van der Waals surface area contributed by atoms with Gasteiger partial charge in [0.1, 0.15) is 17.0 Å². The molecule has 0 amide bonds. The zero-order valence-corrected chi connectivity index (χ0v) is 32.3. The van der Waals surface area contributed by atoms with Gasteiger partial charge in [0.2, 0.25) is 0 Å². The summed E-state index contributed by atoms with van der Waals surface area (Å²) in [6, 6.07) is 64.8. The quantitative estimate of drug-likeness (QED) is 0.168. The Morgan fingerprint density at radius 3 is 1.95 bits per heavy atom. The van der Waals surface area contributed by atoms with Crippen LogP contribution in [0.4, 0.5) is 0 Å². The van der Waals surface area contributed by atoms with Gasteiger partial charge in [-0.1, -0.05) is 140 Å². The molecular formula is C52H31N5OS. The first-order chi connectivity index (χ1) is 29.2. The van der Waals surface area contributed by atoms with E-state index < -0.39 is 0 Å². The SMILES string of the molecule is c1ccc(-c2nc(-c3cccc(-c4cccc5c4sc4ccccc45)c3)nc(-c3cccc4oc5c(-c6nc7ccccc7n6-c6ccccc6)cccc5c34)n2)cc1. The third-order valence-corrected chi connectivity index (χ3v) is 12.3. The van der Waals surface area contributed by atoms with Crippen molar-refractivity contribution in [1.29, 1.82) is 0 Å². The van der Waals surface area contributed by atoms with E-state index in [1.54, 1.807) is 0 Å². The summed E-state index contributed by atoms with van der Waals surface area (Å²) in [5, 5.41) is 4.45. The van der Waals surface area contributed by atoms with Crippen LogP contribution in [0.5, 0.6) is 0 Å². The lowest BCUT2D eigenvalue weighted by Gasteiger charge is -2.11. The molecule has 0 unspecified atom stereocenters. The Hall–Kier alpha value is -7.74. The van der Waals surface area contributed by atoms with Crippen molar-refractivity contribution < 1.29 is 4.42 Å². The Labute approximate surface area is 342 Å². The monoisotopic (exact) mass is 773 g/mol. The molecule has 0 radical (unpaired) electrons. The van der Waals surface area contributed by atoms with Crippen LogP contribution in [0.25, 0.3) is 116 Å². The lowest BCUT2D eigenvalue weighted by Crippen LogP contribution is -2.00. The van der Waals surface area contributed by atoms with E-state index in [0.717, 1.165) is 72.3 Å². The third kappa shape index (κ3) is 5.47. The number of thiophene rings is 1. The molecule has 0 atom stereocenters. The number of aromatic nitrogens is 5. The largest absolute Gasteiger partial charge is 0.455 e. The van der Waals surface area contributed by atoms with Crippen LogP contribution < -0.4 is 0 Å². The molecule has 0 aliphatic carbocycles. The van der Waals surface area contributed by atoms with Crippen LogP contribution in [0, 0.1) is 0 Å². The molecule has 0 fully saturated rings. The van der Waals surface area contributed by atoms with Crippen LogP contribution in [0.3, 0.4) is 0 Å². The van der Waals surface area contributed by atoms with Gasteiger partial charge in [-0.15, -0.1) is 11.3 Å². The molecule has 4 heterocycles. The predicted octanol–water partition coefficient (Wildman–Crippen LogP) is 13.8. The Morgan fingerprint density at radius 2 is 1.07 bits per heavy atom. The maximum absolute atomic E-state index is 6.81. The van der Waals surface area contributed by atoms with Crippen LogP contribution in [0.2, 0.25) is 0 Å². The van der Waals surface area contributed by atoms with Crippen molar-refractivity contribution in [3.8, 4) is 62.4 Å². The highest BCUT2D eigenvalue weighted by Crippen LogP contribution is 2.43. The van der Waals surface area contributed by atoms with Crippen molar-refractivity contribution in [3.05, 3.63) is 188 Å². The number of para-hydroxylation sites is 4. The van der Waals surface area contributed by atoms with E-state index in [-0.39, 0.29) is 0 Å². The molecule has 276 valence electrons. The van der Waals surface area contributed by atoms with Gasteiger partial charge in [-0.3, -0.25) is 4.57 Å². The number of benzene rings is 8. The molecule has 0 spiro atoms. The highest BCUT2D eigenvalue weighted by Gasteiger charge is 2.23. The van der Waals surface area contributed by atoms with Crippen molar-refractivity contribution in [2.24, 2.45) is 0 Å². The van der Waals surface area contributed by atoms with Gasteiger partial charge in [-0.05, 0) is 59.7 Å². The van der Waals surface area contributed by atoms with Gasteiger partial charge in [0, 0.05) is 53.3 Å². The van der Waals surface area contributed by atoms with Crippen LogP contribution in [0.1, 0.15) is 0 Å². The molecular weight excluding hydrogens is 743 g/mol. The fraction of sp³-hybridized carbons (Fsp3) is 0. The molecule has 0 saturated carbocycles. The third-order valence-electron chi connectivity index (χ3n) is 11.1. The number of nitrogens with zero attached hydrogens (tertiary/aromatic N) is 5. The van der Waals surface area contributed by atoms with Gasteiger partial charge in [-0.2, -0.15) is 0 Å². The Balaban J connectivity index is 1.05. The second kappa shape index (κ2) is 13.4. The number of furan rings is 1. The molecule has 12 rings (SSSR count). The smallest absolute Gasteiger partial charge is 0.164 e. The number of imidazole rings is 1. The summed E-state index contributed by atoms with van der Waals surface area (Å²) in [6.07, 6.45) is 0. The van der Waals surface area contributed by atoms with Gasteiger partial charge < -0.3 is 4.42 Å². The van der Waals surface area contributed by atoms with Gasteiger partial charge in [0.05, 0.1) is 16.6 Å².